The van der Waals surface area contributed by atoms with Gasteiger partial charge >= 0.3 is 0 Å². The third-order valence-corrected chi connectivity index (χ3v) is 4.29. The third-order valence-electron chi connectivity index (χ3n) is 3.36. The van der Waals surface area contributed by atoms with Crippen LogP contribution in [0.3, 0.4) is 0 Å². The van der Waals surface area contributed by atoms with E-state index >= 15 is 0 Å². The number of pyridine rings is 1. The molecule has 22 heavy (non-hydrogen) atoms. The highest BCUT2D eigenvalue weighted by atomic mass is 32.2. The second kappa shape index (κ2) is 7.10. The average Bonchev–Trinajstić information content (AvgIpc) is 2.57. The molecule has 1 aromatic heterocycles. The Morgan fingerprint density at radius 3 is 1.95 bits per heavy atom. The van der Waals surface area contributed by atoms with E-state index in [-0.39, 0.29) is 0 Å². The normalized spacial score (nSPS) is 10.4. The van der Waals surface area contributed by atoms with Crippen molar-refractivity contribution in [1.29, 1.82) is 0 Å². The maximum atomic E-state index is 4.17. The van der Waals surface area contributed by atoms with E-state index in [1.54, 1.807) is 11.8 Å². The van der Waals surface area contributed by atoms with Crippen LogP contribution in [-0.4, -0.2) is 0 Å². The minimum absolute atomic E-state index is 0.814. The molecule has 0 aliphatic carbocycles. The number of hydrogen-bond acceptors (Lipinski definition) is 1. The molecule has 1 nitrogen and oxygen atoms in total. The van der Waals surface area contributed by atoms with E-state index in [0.717, 1.165) is 11.4 Å². The summed E-state index contributed by atoms with van der Waals surface area (Å²) in [5, 5.41) is 0. The summed E-state index contributed by atoms with van der Waals surface area (Å²) in [6.45, 7) is 4.98. The van der Waals surface area contributed by atoms with Gasteiger partial charge in [0.15, 0.2) is 18.9 Å². The summed E-state index contributed by atoms with van der Waals surface area (Å²) in [5.74, 6) is 0. The van der Waals surface area contributed by atoms with Crippen LogP contribution in [-0.2, 0) is 6.54 Å². The fraction of sp³-hybridized carbons (Fsp3) is 0.0500. The van der Waals surface area contributed by atoms with E-state index in [1.165, 1.54) is 16.0 Å². The first-order chi connectivity index (χ1) is 10.8. The van der Waals surface area contributed by atoms with Crippen molar-refractivity contribution in [2.75, 3.05) is 0 Å². The van der Waals surface area contributed by atoms with Gasteiger partial charge in [0.05, 0.1) is 0 Å². The van der Waals surface area contributed by atoms with Crippen LogP contribution in [0.2, 0.25) is 0 Å². The highest BCUT2D eigenvalue weighted by Crippen LogP contribution is 2.24. The van der Waals surface area contributed by atoms with Gasteiger partial charge in [-0.3, -0.25) is 0 Å². The molecule has 0 atom stereocenters. The highest BCUT2D eigenvalue weighted by Gasteiger charge is 2.06. The first kappa shape index (κ1) is 14.6. The number of allylic oxidation sites excluding steroid dienone is 1. The Bertz CT molecular complexity index is 734. The molecule has 0 radical (unpaired) electrons. The van der Waals surface area contributed by atoms with Crippen molar-refractivity contribution in [2.24, 2.45) is 0 Å². The Hall–Kier alpha value is -2.32. The SMILES string of the molecule is C=C(C[n+]1ccc(-c2ccccc2)cc1)Sc1ccccc1. The van der Waals surface area contributed by atoms with Gasteiger partial charge in [-0.1, -0.05) is 66.9 Å². The van der Waals surface area contributed by atoms with Crippen LogP contribution in [0.4, 0.5) is 0 Å². The van der Waals surface area contributed by atoms with E-state index in [9.17, 15) is 0 Å². The molecular formula is C20H18NS+. The zero-order valence-corrected chi connectivity index (χ0v) is 13.2. The van der Waals surface area contributed by atoms with Gasteiger partial charge in [0.1, 0.15) is 0 Å². The van der Waals surface area contributed by atoms with Crippen LogP contribution in [0.5, 0.6) is 0 Å². The molecule has 0 unspecified atom stereocenters. The van der Waals surface area contributed by atoms with Gasteiger partial charge in [-0.15, -0.1) is 0 Å². The summed E-state index contributed by atoms with van der Waals surface area (Å²) < 4.78 is 2.16. The predicted octanol–water partition coefficient (Wildman–Crippen LogP) is 4.95. The average molecular weight is 304 g/mol. The quantitative estimate of drug-likeness (QED) is 0.476. The maximum Gasteiger partial charge on any atom is 0.179 e. The topological polar surface area (TPSA) is 3.88 Å². The number of aromatic nitrogens is 1. The first-order valence-electron chi connectivity index (χ1n) is 7.26. The molecule has 3 rings (SSSR count). The Balaban J connectivity index is 1.65. The molecule has 0 N–H and O–H groups in total. The van der Waals surface area contributed by atoms with Crippen molar-refractivity contribution >= 4 is 11.8 Å². The second-order valence-electron chi connectivity index (χ2n) is 5.08. The third kappa shape index (κ3) is 3.86. The number of nitrogens with zero attached hydrogens (tertiary/aromatic N) is 1. The number of benzene rings is 2. The molecule has 0 aliphatic heterocycles. The Morgan fingerprint density at radius 1 is 0.773 bits per heavy atom. The van der Waals surface area contributed by atoms with Gasteiger partial charge in [-0.05, 0) is 23.3 Å². The van der Waals surface area contributed by atoms with Crippen LogP contribution in [0, 0.1) is 0 Å². The fourth-order valence-electron chi connectivity index (χ4n) is 2.28. The van der Waals surface area contributed by atoms with Crippen LogP contribution in [0.25, 0.3) is 11.1 Å². The lowest BCUT2D eigenvalue weighted by Gasteiger charge is -2.04. The molecule has 2 aromatic carbocycles. The molecule has 0 saturated carbocycles. The molecular weight excluding hydrogens is 286 g/mol. The number of rotatable bonds is 5. The smallest absolute Gasteiger partial charge is 0.179 e. The van der Waals surface area contributed by atoms with E-state index < -0.39 is 0 Å². The van der Waals surface area contributed by atoms with E-state index in [2.05, 4.69) is 84.2 Å². The van der Waals surface area contributed by atoms with Gasteiger partial charge in [0, 0.05) is 21.9 Å². The van der Waals surface area contributed by atoms with Crippen LogP contribution < -0.4 is 4.57 Å². The molecule has 0 amide bonds. The van der Waals surface area contributed by atoms with Crippen LogP contribution in [0.15, 0.2) is 102 Å². The lowest BCUT2D eigenvalue weighted by Crippen LogP contribution is -2.32. The highest BCUT2D eigenvalue weighted by molar-refractivity contribution is 8.03. The summed E-state index contributed by atoms with van der Waals surface area (Å²) >= 11 is 1.72. The molecule has 0 aliphatic rings. The van der Waals surface area contributed by atoms with E-state index in [4.69, 9.17) is 0 Å². The monoisotopic (exact) mass is 304 g/mol. The molecule has 108 valence electrons. The van der Waals surface area contributed by atoms with E-state index in [0.29, 0.717) is 0 Å². The second-order valence-corrected chi connectivity index (χ2v) is 6.33. The molecule has 2 heteroatoms. The fourth-order valence-corrected chi connectivity index (χ4v) is 3.12. The molecule has 0 bridgehead atoms. The van der Waals surface area contributed by atoms with Crippen molar-refractivity contribution in [3.63, 3.8) is 0 Å². The minimum atomic E-state index is 0.814. The first-order valence-corrected chi connectivity index (χ1v) is 8.08. The molecule has 1 heterocycles. The lowest BCUT2D eigenvalue weighted by molar-refractivity contribution is -0.687. The zero-order valence-electron chi connectivity index (χ0n) is 12.4. The Kier molecular flexibility index (Phi) is 4.71. The summed E-state index contributed by atoms with van der Waals surface area (Å²) in [7, 11) is 0. The maximum absolute atomic E-state index is 4.17. The van der Waals surface area contributed by atoms with Gasteiger partial charge in [0.25, 0.3) is 0 Å². The van der Waals surface area contributed by atoms with Crippen molar-refractivity contribution in [2.45, 2.75) is 11.4 Å². The number of hydrogen-bond donors (Lipinski definition) is 0. The van der Waals surface area contributed by atoms with Gasteiger partial charge in [-0.2, -0.15) is 0 Å². The molecule has 3 aromatic rings. The summed E-state index contributed by atoms with van der Waals surface area (Å²) in [6, 6.07) is 25.1. The van der Waals surface area contributed by atoms with E-state index in [1.807, 2.05) is 12.1 Å². The predicted molar refractivity (Wildman–Crippen MR) is 93.5 cm³/mol. The lowest BCUT2D eigenvalue weighted by atomic mass is 10.1. The Labute approximate surface area is 136 Å². The summed E-state index contributed by atoms with van der Waals surface area (Å²) in [6.07, 6.45) is 4.22. The molecule has 0 spiro atoms. The van der Waals surface area contributed by atoms with Gasteiger partial charge < -0.3 is 0 Å². The van der Waals surface area contributed by atoms with Crippen molar-refractivity contribution in [1.82, 2.24) is 0 Å². The summed E-state index contributed by atoms with van der Waals surface area (Å²) in [4.78, 5) is 2.36. The minimum Gasteiger partial charge on any atom is -0.200 e. The van der Waals surface area contributed by atoms with Crippen LogP contribution >= 0.6 is 11.8 Å². The van der Waals surface area contributed by atoms with Crippen molar-refractivity contribution < 1.29 is 4.57 Å². The number of thioether (sulfide) groups is 1. The van der Waals surface area contributed by atoms with Crippen molar-refractivity contribution in [3.8, 4) is 11.1 Å². The molecule has 0 saturated heterocycles. The Morgan fingerprint density at radius 2 is 1.32 bits per heavy atom. The van der Waals surface area contributed by atoms with Crippen LogP contribution in [0.1, 0.15) is 0 Å². The standard InChI is InChI=1S/C20H18NS/c1-17(22-20-10-6-3-7-11-20)16-21-14-12-19(13-15-21)18-8-4-2-5-9-18/h2-15H,1,16H2/q+1. The molecule has 0 fully saturated rings. The van der Waals surface area contributed by atoms with Crippen molar-refractivity contribution in [3.05, 3.63) is 96.7 Å². The van der Waals surface area contributed by atoms with Gasteiger partial charge in [0.2, 0.25) is 0 Å². The van der Waals surface area contributed by atoms with Gasteiger partial charge in [-0.25, -0.2) is 4.57 Å². The zero-order chi connectivity index (χ0) is 15.2. The largest absolute Gasteiger partial charge is 0.200 e. The summed E-state index contributed by atoms with van der Waals surface area (Å²) in [5.41, 5.74) is 2.48.